The minimum absolute atomic E-state index is 0. The smallest absolute Gasteiger partial charge is 0.161 e. The van der Waals surface area contributed by atoms with Gasteiger partial charge in [-0.05, 0) is 69.5 Å². The number of halogens is 9. The number of aldehydes is 1. The Morgan fingerprint density at radius 1 is 0.679 bits per heavy atom. The van der Waals surface area contributed by atoms with Gasteiger partial charge in [-0.25, -0.2) is 14.0 Å². The van der Waals surface area contributed by atoms with Crippen molar-refractivity contribution in [3.05, 3.63) is 117 Å². The topological polar surface area (TPSA) is 351 Å². The predicted molar refractivity (Wildman–Crippen MR) is 381 cm³/mol. The van der Waals surface area contributed by atoms with E-state index in [1.165, 1.54) is 37.0 Å². The molecule has 0 aliphatic carbocycles. The zero-order valence-electron chi connectivity index (χ0n) is 45.7. The van der Waals surface area contributed by atoms with Crippen LogP contribution in [0.3, 0.4) is 0 Å². The van der Waals surface area contributed by atoms with Crippen LogP contribution in [0.2, 0.25) is 0 Å². The average molecular weight is 2170 g/mol. The van der Waals surface area contributed by atoms with Gasteiger partial charge in [0, 0.05) is 91.2 Å². The van der Waals surface area contributed by atoms with Crippen molar-refractivity contribution in [1.29, 1.82) is 0 Å². The summed E-state index contributed by atoms with van der Waals surface area (Å²) < 4.78 is 29.5. The first-order chi connectivity index (χ1) is 39.6. The Kier molecular flexibility index (Phi) is 42.3. The van der Waals surface area contributed by atoms with Crippen molar-refractivity contribution in [2.75, 3.05) is 7.36 Å². The number of nitrogens with zero attached hydrogens (tertiary/aromatic N) is 19. The van der Waals surface area contributed by atoms with Crippen LogP contribution in [0.25, 0.3) is 0 Å². The minimum Gasteiger partial charge on any atom is -0.177 e. The number of hydrogen-bond donors (Lipinski definition) is 4. The van der Waals surface area contributed by atoms with Crippen LogP contribution in [-0.4, -0.2) is 142 Å². The minimum atomic E-state index is -0.618. The van der Waals surface area contributed by atoms with E-state index in [-0.39, 0.29) is 31.1 Å². The maximum atomic E-state index is 10.9. The third-order valence-electron chi connectivity index (χ3n) is 10.3. The molecular weight excluding hydrogens is 2110 g/mol. The number of tetrazole rings is 4. The number of aliphatic hydroxyl groups is 1. The zero-order chi connectivity index (χ0) is 62.1. The van der Waals surface area contributed by atoms with Gasteiger partial charge < -0.3 is 34.3 Å². The number of carbonyl (C=O) groups excluding carboxylic acids is 1. The number of carbonyl (C=O) groups is 1. The molecule has 8 aromatic heterocycles. The summed E-state index contributed by atoms with van der Waals surface area (Å²) >= 11 is 21.8. The number of ether oxygens (including phenoxy) is 4. The molecular formula is C46H61BrI8N20O8V. The van der Waals surface area contributed by atoms with Crippen LogP contribution >= 0.6 is 191 Å². The number of H-pyrrole nitrogens is 1. The van der Waals surface area contributed by atoms with Crippen LogP contribution in [0.5, 0.6) is 23.0 Å². The van der Waals surface area contributed by atoms with E-state index in [9.17, 15) is 20.1 Å². The van der Waals surface area contributed by atoms with Crippen molar-refractivity contribution in [1.82, 2.24) is 101 Å². The van der Waals surface area contributed by atoms with Crippen molar-refractivity contribution < 1.29 is 48.5 Å². The molecule has 0 unspecified atom stereocenters. The maximum Gasteiger partial charge on any atom is 0.161 e. The van der Waals surface area contributed by atoms with E-state index in [0.717, 1.165) is 50.4 Å². The van der Waals surface area contributed by atoms with Gasteiger partial charge in [-0.1, -0.05) is 164 Å². The number of alkyl halides is 7. The quantitative estimate of drug-likeness (QED) is 0.0592. The van der Waals surface area contributed by atoms with Gasteiger partial charge in [0.05, 0.1) is 70.2 Å². The van der Waals surface area contributed by atoms with Crippen LogP contribution < -0.4 is 9.47 Å². The fraction of sp³-hybridized carbons (Fsp3) is 0.457. The molecule has 0 saturated heterocycles. The number of rotatable bonds is 9. The number of fused-ring (bicyclic) bond motifs is 2. The van der Waals surface area contributed by atoms with E-state index in [0.29, 0.717) is 76.7 Å². The number of nitrogens with one attached hydrogen (secondary N) is 1. The molecule has 38 heteroatoms. The van der Waals surface area contributed by atoms with E-state index >= 15 is 0 Å². The van der Waals surface area contributed by atoms with E-state index in [2.05, 4.69) is 279 Å². The third-order valence-corrected chi connectivity index (χ3v) is 10.9. The molecule has 10 heterocycles. The van der Waals surface area contributed by atoms with Crippen LogP contribution in [-0.2, 0) is 63.7 Å². The van der Waals surface area contributed by atoms with E-state index < -0.39 is 11.6 Å². The Hall–Kier alpha value is -1.47. The molecule has 0 saturated carbocycles. The van der Waals surface area contributed by atoms with Crippen molar-refractivity contribution in [2.45, 2.75) is 119 Å². The SMILES string of the molecule is C.CI.Cc1ncc(CBr)c2c1OC(C)(C)OC2.Cc1ncc(Cn2cnnn2)c(C=O)c1O.Cc1ncc(Cn2cnnn2)c(CO)c1O.Cc1ncc(Cn2cnnn2)c2c1OC(C)(C)OC2.IC(I)I.ICI.[I][V][I].c1nn[nH]n1. The number of aryl methyl sites for hydroxylation is 4. The molecule has 10 rings (SSSR count). The zero-order valence-corrected chi connectivity index (χ0v) is 65.9. The molecule has 2 aliphatic rings. The van der Waals surface area contributed by atoms with Crippen molar-refractivity contribution >= 4 is 198 Å². The second-order valence-electron chi connectivity index (χ2n) is 16.7. The Bertz CT molecular complexity index is 3060. The normalized spacial score (nSPS) is 12.4. The molecule has 461 valence electrons. The fourth-order valence-electron chi connectivity index (χ4n) is 6.55. The fourth-order valence-corrected chi connectivity index (χ4v) is 7.03. The van der Waals surface area contributed by atoms with Gasteiger partial charge in [0.15, 0.2) is 12.6 Å². The standard InChI is InChI=1S/C12H15N5O2.C11H14BrNO2.C9H11N5O2.C9H9N5O2.CHI3.CH2I2.CH3I.CH2N4.CH4.2HI.V/c1-8-11-10(6-18-12(2,3)19-11)9(4-13-8)5-17-7-14-15-16-17;1-7-10-9(8(4-12)5-13-7)6-14-11(2,3)15-10;2*1-6-9(16)8(4-15)7(2-10-6)3-14-5-11-12-13-14;2-1(3)4;2-1-3;1-2;1-2-4-5-3-1;;;;/h4,7H,5-6H2,1-3H3;5H,4,6H2,1-3H3;2,5,15-16H,3-4H2,1H3;2,4-5,16H,3H2,1H3;1H;1H2;1H3;1H,(H,2,3,4,5);1H4;2*1H;/q;;;;;;;;;;;+2/p-2. The molecule has 0 bridgehead atoms. The first kappa shape index (κ1) is 80.5. The summed E-state index contributed by atoms with van der Waals surface area (Å²) in [5.74, 6) is 0.440. The van der Waals surface area contributed by atoms with Crippen molar-refractivity contribution in [3.63, 3.8) is 0 Å². The van der Waals surface area contributed by atoms with Gasteiger partial charge in [-0.3, -0.25) is 24.7 Å². The molecule has 0 spiro atoms. The number of pyridine rings is 4. The van der Waals surface area contributed by atoms with Crippen molar-refractivity contribution in [2.24, 2.45) is 0 Å². The van der Waals surface area contributed by atoms with Crippen LogP contribution in [0.4, 0.5) is 0 Å². The summed E-state index contributed by atoms with van der Waals surface area (Å²) in [6.45, 7) is 16.9. The summed E-state index contributed by atoms with van der Waals surface area (Å²) in [7, 11) is 0.628. The predicted octanol–water partition coefficient (Wildman–Crippen LogP) is 10.6. The maximum absolute atomic E-state index is 10.9. The first-order valence-electron chi connectivity index (χ1n) is 23.3. The Morgan fingerprint density at radius 3 is 1.43 bits per heavy atom. The Morgan fingerprint density at radius 2 is 1.06 bits per heavy atom. The van der Waals surface area contributed by atoms with E-state index in [1.807, 2.05) is 58.9 Å². The van der Waals surface area contributed by atoms with Crippen molar-refractivity contribution in [3.8, 4) is 23.0 Å². The van der Waals surface area contributed by atoms with E-state index in [4.69, 9.17) is 18.9 Å². The molecule has 4 N–H and O–H groups in total. The second kappa shape index (κ2) is 44.1. The van der Waals surface area contributed by atoms with E-state index in [1.54, 1.807) is 31.1 Å². The van der Waals surface area contributed by atoms with Crippen LogP contribution in [0.1, 0.15) is 107 Å². The molecule has 84 heavy (non-hydrogen) atoms. The summed E-state index contributed by atoms with van der Waals surface area (Å²) in [4.78, 5) is 29.5. The summed E-state index contributed by atoms with van der Waals surface area (Å²) in [5, 5.41) is 73.9. The van der Waals surface area contributed by atoms with Crippen LogP contribution in [0.15, 0.2) is 50.1 Å². The van der Waals surface area contributed by atoms with Gasteiger partial charge in [0.1, 0.15) is 41.9 Å². The largest absolute Gasteiger partial charge is 0.177 e. The number of aromatic hydroxyl groups is 2. The molecule has 2 aliphatic heterocycles. The molecule has 28 nitrogen and oxygen atoms in total. The second-order valence-corrected chi connectivity index (χ2v) is 44.3. The molecule has 0 radical (unpaired) electrons. The molecule has 0 amide bonds. The summed E-state index contributed by atoms with van der Waals surface area (Å²) in [6.07, 6.45) is 13.2. The number of aromatic amines is 1. The molecule has 0 atom stereocenters. The molecule has 8 aromatic rings. The molecule has 0 fully saturated rings. The van der Waals surface area contributed by atoms with Gasteiger partial charge in [0.25, 0.3) is 0 Å². The Balaban J connectivity index is 0.000000511. The summed E-state index contributed by atoms with van der Waals surface area (Å²) in [6, 6.07) is 0. The van der Waals surface area contributed by atoms with Gasteiger partial charge >= 0.3 is 49.4 Å². The summed E-state index contributed by atoms with van der Waals surface area (Å²) in [5.41, 5.74) is 8.91. The number of aliphatic hydroxyl groups excluding tert-OH is 1. The molecule has 0 aromatic carbocycles. The number of hydrogen-bond acceptors (Lipinski definition) is 24. The average Bonchev–Trinajstić information content (AvgIpc) is 4.06. The first-order valence-corrected chi connectivity index (χ1v) is 42.4. The van der Waals surface area contributed by atoms with Gasteiger partial charge in [-0.2, -0.15) is 5.21 Å². The Labute approximate surface area is 605 Å². The van der Waals surface area contributed by atoms with Gasteiger partial charge in [-0.15, -0.1) is 25.5 Å². The van der Waals surface area contributed by atoms with Gasteiger partial charge in [0.2, 0.25) is 11.6 Å². The van der Waals surface area contributed by atoms with Crippen LogP contribution in [0, 0.1) is 27.7 Å². The third kappa shape index (κ3) is 29.0. The number of aromatic nitrogens is 20. The monoisotopic (exact) mass is 2170 g/mol.